The van der Waals surface area contributed by atoms with Crippen LogP contribution in [0, 0.1) is 5.82 Å². The van der Waals surface area contributed by atoms with E-state index in [9.17, 15) is 19.1 Å². The number of aliphatic hydroxyl groups excluding tert-OH is 1. The summed E-state index contributed by atoms with van der Waals surface area (Å²) in [4.78, 5) is 25.8. The molecule has 0 saturated heterocycles. The molecule has 9 heteroatoms. The number of rotatable bonds is 7. The highest BCUT2D eigenvalue weighted by Gasteiger charge is 2.20. The third kappa shape index (κ3) is 4.91. The lowest BCUT2D eigenvalue weighted by Gasteiger charge is -2.16. The van der Waals surface area contributed by atoms with Gasteiger partial charge in [-0.25, -0.2) is 4.39 Å². The fourth-order valence-electron chi connectivity index (χ4n) is 2.81. The normalized spacial score (nSPS) is 11.9. The van der Waals surface area contributed by atoms with E-state index < -0.39 is 23.3 Å². The van der Waals surface area contributed by atoms with Crippen molar-refractivity contribution in [2.75, 3.05) is 20.3 Å². The van der Waals surface area contributed by atoms with Crippen molar-refractivity contribution in [2.45, 2.75) is 6.04 Å². The van der Waals surface area contributed by atoms with Crippen molar-refractivity contribution in [3.8, 4) is 16.9 Å². The van der Waals surface area contributed by atoms with Crippen LogP contribution in [-0.4, -0.2) is 47.2 Å². The fourth-order valence-corrected chi connectivity index (χ4v) is 2.93. The molecule has 1 aromatic heterocycles. The summed E-state index contributed by atoms with van der Waals surface area (Å²) >= 11 is 5.94. The van der Waals surface area contributed by atoms with Crippen LogP contribution in [0.4, 0.5) is 4.39 Å². The van der Waals surface area contributed by atoms with E-state index in [-0.39, 0.29) is 24.5 Å². The van der Waals surface area contributed by atoms with E-state index in [1.165, 1.54) is 31.4 Å². The maximum Gasteiger partial charge on any atom is 0.284 e. The first kappa shape index (κ1) is 21.6. The number of carbonyl (C=O) groups excluding carboxylic acids is 1. The fraction of sp³-hybridized carbons (Fsp3) is 0.190. The highest BCUT2D eigenvalue weighted by molar-refractivity contribution is 6.30. The molecule has 2 aromatic carbocycles. The second-order valence-electron chi connectivity index (χ2n) is 6.46. The molecule has 2 N–H and O–H groups in total. The van der Waals surface area contributed by atoms with Gasteiger partial charge in [-0.05, 0) is 36.4 Å². The second-order valence-corrected chi connectivity index (χ2v) is 6.89. The van der Waals surface area contributed by atoms with Crippen LogP contribution >= 0.6 is 11.6 Å². The topological polar surface area (TPSA) is 93.4 Å². The Labute approximate surface area is 176 Å². The predicted molar refractivity (Wildman–Crippen MR) is 110 cm³/mol. The van der Waals surface area contributed by atoms with E-state index in [0.29, 0.717) is 16.3 Å². The van der Waals surface area contributed by atoms with Gasteiger partial charge in [-0.2, -0.15) is 9.78 Å². The number of aromatic nitrogens is 2. The number of hydrogen-bond donors (Lipinski definition) is 2. The van der Waals surface area contributed by atoms with Crippen molar-refractivity contribution in [3.05, 3.63) is 81.4 Å². The third-order valence-corrected chi connectivity index (χ3v) is 4.52. The number of hydrogen-bond acceptors (Lipinski definition) is 5. The molecule has 0 spiro atoms. The SMILES string of the molecule is COC[C@H](CO)NC(=O)c1cc(-c2ccc(Cl)cc2)nn(-c2cccc(F)c2)c1=O. The second kappa shape index (κ2) is 9.62. The predicted octanol–water partition coefficient (Wildman–Crippen LogP) is 2.43. The van der Waals surface area contributed by atoms with Crippen molar-refractivity contribution in [1.82, 2.24) is 15.1 Å². The van der Waals surface area contributed by atoms with Crippen LogP contribution in [0.3, 0.4) is 0 Å². The van der Waals surface area contributed by atoms with Gasteiger partial charge in [-0.15, -0.1) is 0 Å². The van der Waals surface area contributed by atoms with E-state index in [0.717, 1.165) is 10.7 Å². The Balaban J connectivity index is 2.14. The molecule has 1 heterocycles. The average molecular weight is 432 g/mol. The molecule has 7 nitrogen and oxygen atoms in total. The molecule has 1 amide bonds. The van der Waals surface area contributed by atoms with Crippen molar-refractivity contribution in [2.24, 2.45) is 0 Å². The quantitative estimate of drug-likeness (QED) is 0.599. The van der Waals surface area contributed by atoms with Crippen molar-refractivity contribution >= 4 is 17.5 Å². The van der Waals surface area contributed by atoms with Crippen LogP contribution in [0.5, 0.6) is 0 Å². The molecule has 30 heavy (non-hydrogen) atoms. The largest absolute Gasteiger partial charge is 0.394 e. The third-order valence-electron chi connectivity index (χ3n) is 4.27. The van der Waals surface area contributed by atoms with Gasteiger partial charge < -0.3 is 15.2 Å². The van der Waals surface area contributed by atoms with Gasteiger partial charge in [0, 0.05) is 17.7 Å². The summed E-state index contributed by atoms with van der Waals surface area (Å²) in [7, 11) is 1.43. The summed E-state index contributed by atoms with van der Waals surface area (Å²) in [6, 6.07) is 12.6. The van der Waals surface area contributed by atoms with E-state index in [4.69, 9.17) is 16.3 Å². The summed E-state index contributed by atoms with van der Waals surface area (Å²) in [6.45, 7) is -0.303. The number of halogens is 2. The standard InChI is InChI=1S/C21H19ClFN3O4/c1-30-12-16(11-27)24-20(28)18-10-19(13-5-7-14(22)8-6-13)25-26(21(18)29)17-4-2-3-15(23)9-17/h2-10,16,27H,11-12H2,1H3,(H,24,28)/t16-/m0/s1. The Hall–Kier alpha value is -3.07. The number of amides is 1. The first-order valence-electron chi connectivity index (χ1n) is 9.00. The summed E-state index contributed by atoms with van der Waals surface area (Å²) in [5.41, 5.74) is 0.140. The van der Waals surface area contributed by atoms with Gasteiger partial charge in [0.15, 0.2) is 0 Å². The first-order valence-corrected chi connectivity index (χ1v) is 9.37. The molecule has 0 radical (unpaired) electrons. The Morgan fingerprint density at radius 2 is 2.00 bits per heavy atom. The van der Waals surface area contributed by atoms with Gasteiger partial charge >= 0.3 is 0 Å². The van der Waals surface area contributed by atoms with Crippen LogP contribution in [0.2, 0.25) is 5.02 Å². The Kier molecular flexibility index (Phi) is 6.94. The molecule has 0 unspecified atom stereocenters. The van der Waals surface area contributed by atoms with Gasteiger partial charge in [0.05, 0.1) is 30.6 Å². The Morgan fingerprint density at radius 1 is 1.27 bits per heavy atom. The highest BCUT2D eigenvalue weighted by Crippen LogP contribution is 2.20. The molecule has 0 aliphatic carbocycles. The minimum Gasteiger partial charge on any atom is -0.394 e. The van der Waals surface area contributed by atoms with Crippen LogP contribution in [0.25, 0.3) is 16.9 Å². The van der Waals surface area contributed by atoms with E-state index in [1.807, 2.05) is 0 Å². The van der Waals surface area contributed by atoms with Crippen molar-refractivity contribution in [3.63, 3.8) is 0 Å². The Bertz CT molecular complexity index is 1100. The van der Waals surface area contributed by atoms with Gasteiger partial charge in [0.25, 0.3) is 11.5 Å². The van der Waals surface area contributed by atoms with Crippen LogP contribution in [0.1, 0.15) is 10.4 Å². The summed E-state index contributed by atoms with van der Waals surface area (Å²) in [6.07, 6.45) is 0. The van der Waals surface area contributed by atoms with Gasteiger partial charge in [-0.3, -0.25) is 9.59 Å². The molecule has 0 aliphatic heterocycles. The van der Waals surface area contributed by atoms with Crippen LogP contribution < -0.4 is 10.9 Å². The number of methoxy groups -OCH3 is 1. The number of nitrogens with zero attached hydrogens (tertiary/aromatic N) is 2. The smallest absolute Gasteiger partial charge is 0.284 e. The van der Waals surface area contributed by atoms with Crippen molar-refractivity contribution < 1.29 is 19.0 Å². The molecule has 0 saturated carbocycles. The summed E-state index contributed by atoms with van der Waals surface area (Å²) in [5.74, 6) is -1.26. The molecule has 0 aliphatic rings. The van der Waals surface area contributed by atoms with Crippen LogP contribution in [-0.2, 0) is 4.74 Å². The molecule has 0 fully saturated rings. The minimum atomic E-state index is -0.732. The monoisotopic (exact) mass is 431 g/mol. The number of benzene rings is 2. The zero-order valence-electron chi connectivity index (χ0n) is 16.0. The molecule has 3 aromatic rings. The van der Waals surface area contributed by atoms with Gasteiger partial charge in [0.2, 0.25) is 0 Å². The first-order chi connectivity index (χ1) is 14.4. The molecular weight excluding hydrogens is 413 g/mol. The maximum absolute atomic E-state index is 13.7. The zero-order valence-corrected chi connectivity index (χ0v) is 16.8. The van der Waals surface area contributed by atoms with E-state index in [2.05, 4.69) is 10.4 Å². The molecule has 156 valence electrons. The molecule has 3 rings (SSSR count). The van der Waals surface area contributed by atoms with Gasteiger partial charge in [0.1, 0.15) is 11.4 Å². The summed E-state index contributed by atoms with van der Waals surface area (Å²) in [5, 5.41) is 16.8. The molecular formula is C21H19ClFN3O4. The van der Waals surface area contributed by atoms with E-state index >= 15 is 0 Å². The Morgan fingerprint density at radius 3 is 2.63 bits per heavy atom. The number of ether oxygens (including phenoxy) is 1. The highest BCUT2D eigenvalue weighted by atomic mass is 35.5. The number of carbonyl (C=O) groups is 1. The lowest BCUT2D eigenvalue weighted by Crippen LogP contribution is -2.43. The molecule has 1 atom stereocenters. The average Bonchev–Trinajstić information content (AvgIpc) is 2.74. The van der Waals surface area contributed by atoms with Crippen LogP contribution in [0.15, 0.2) is 59.4 Å². The minimum absolute atomic E-state index is 0.0649. The van der Waals surface area contributed by atoms with E-state index in [1.54, 1.807) is 24.3 Å². The zero-order chi connectivity index (χ0) is 21.7. The number of nitrogens with one attached hydrogen (secondary N) is 1. The lowest BCUT2D eigenvalue weighted by atomic mass is 10.1. The number of aliphatic hydroxyl groups is 1. The summed E-state index contributed by atoms with van der Waals surface area (Å²) < 4.78 is 19.6. The van der Waals surface area contributed by atoms with Crippen molar-refractivity contribution in [1.29, 1.82) is 0 Å². The van der Waals surface area contributed by atoms with Gasteiger partial charge in [-0.1, -0.05) is 29.8 Å². The lowest BCUT2D eigenvalue weighted by molar-refractivity contribution is 0.0837. The molecule has 0 bridgehead atoms. The maximum atomic E-state index is 13.7.